The fraction of sp³-hybridized carbons (Fsp3) is 0.115. The van der Waals surface area contributed by atoms with Gasteiger partial charge in [-0.05, 0) is 66.2 Å². The lowest BCUT2D eigenvalue weighted by atomic mass is 10.1. The van der Waals surface area contributed by atoms with Crippen LogP contribution in [0.3, 0.4) is 0 Å². The molecule has 12 heteroatoms. The van der Waals surface area contributed by atoms with E-state index in [4.69, 9.17) is 32.7 Å². The van der Waals surface area contributed by atoms with Gasteiger partial charge in [0.05, 0.1) is 33.6 Å². The summed E-state index contributed by atoms with van der Waals surface area (Å²) in [6, 6.07) is 14.9. The third kappa shape index (κ3) is 6.16. The van der Waals surface area contributed by atoms with Crippen molar-refractivity contribution in [3.8, 4) is 11.5 Å². The molecule has 38 heavy (non-hydrogen) atoms. The summed E-state index contributed by atoms with van der Waals surface area (Å²) in [5.41, 5.74) is 1.14. The zero-order valence-electron chi connectivity index (χ0n) is 19.7. The van der Waals surface area contributed by atoms with E-state index in [9.17, 15) is 24.5 Å². The normalized spacial score (nSPS) is 14.2. The Bertz CT molecular complexity index is 1470. The van der Waals surface area contributed by atoms with Crippen LogP contribution in [0.25, 0.3) is 6.08 Å². The Morgan fingerprint density at radius 3 is 2.50 bits per heavy atom. The van der Waals surface area contributed by atoms with E-state index in [0.717, 1.165) is 16.7 Å². The number of carbonyl (C=O) groups excluding carboxylic acids is 3. The summed E-state index contributed by atoms with van der Waals surface area (Å²) in [7, 11) is 0. The molecular formula is C26H18Cl2N2O7S. The van der Waals surface area contributed by atoms with E-state index in [-0.39, 0.29) is 45.8 Å². The Hall–Kier alpha value is -3.86. The second-order valence-electron chi connectivity index (χ2n) is 7.85. The Labute approximate surface area is 231 Å². The molecule has 0 aromatic heterocycles. The Morgan fingerprint density at radius 2 is 1.84 bits per heavy atom. The van der Waals surface area contributed by atoms with E-state index in [1.165, 1.54) is 42.5 Å². The minimum Gasteiger partial charge on any atom is -0.490 e. The van der Waals surface area contributed by atoms with Crippen LogP contribution in [0.5, 0.6) is 11.5 Å². The molecule has 1 fully saturated rings. The standard InChI is InChI=1S/C26H18Cl2N2O7S/c1-2-36-21-11-16(10-20(28)23(21)37-25(32)17-4-3-5-18(27)13-17)12-22-24(31)29(26(33)38-22)14-15-6-8-19(9-7-15)30(34)35/h3-13H,2,14H2,1H3/b22-12-. The van der Waals surface area contributed by atoms with Crippen LogP contribution >= 0.6 is 35.0 Å². The molecule has 0 N–H and O–H groups in total. The molecule has 1 heterocycles. The van der Waals surface area contributed by atoms with E-state index in [1.54, 1.807) is 31.2 Å². The highest BCUT2D eigenvalue weighted by Gasteiger charge is 2.35. The number of carbonyl (C=O) groups is 3. The lowest BCUT2D eigenvalue weighted by Gasteiger charge is -2.14. The minimum absolute atomic E-state index is 0.00178. The number of ether oxygens (including phenoxy) is 2. The SMILES string of the molecule is CCOc1cc(/C=C2\SC(=O)N(Cc3ccc([N+](=O)[O-])cc3)C2=O)cc(Cl)c1OC(=O)c1cccc(Cl)c1. The van der Waals surface area contributed by atoms with Gasteiger partial charge in [0, 0.05) is 17.2 Å². The number of halogens is 2. The highest BCUT2D eigenvalue weighted by atomic mass is 35.5. The van der Waals surface area contributed by atoms with E-state index in [0.29, 0.717) is 16.1 Å². The van der Waals surface area contributed by atoms with Gasteiger partial charge in [0.25, 0.3) is 16.8 Å². The van der Waals surface area contributed by atoms with Gasteiger partial charge in [-0.3, -0.25) is 24.6 Å². The van der Waals surface area contributed by atoms with Gasteiger partial charge in [0.2, 0.25) is 0 Å². The summed E-state index contributed by atoms with van der Waals surface area (Å²) >= 11 is 13.1. The maximum absolute atomic E-state index is 13.0. The fourth-order valence-electron chi connectivity index (χ4n) is 3.49. The van der Waals surface area contributed by atoms with Crippen molar-refractivity contribution in [3.63, 3.8) is 0 Å². The van der Waals surface area contributed by atoms with Gasteiger partial charge in [0.1, 0.15) is 0 Å². The summed E-state index contributed by atoms with van der Waals surface area (Å²) in [4.78, 5) is 49.6. The first kappa shape index (κ1) is 27.2. The Kier molecular flexibility index (Phi) is 8.35. The van der Waals surface area contributed by atoms with Gasteiger partial charge in [-0.1, -0.05) is 41.4 Å². The van der Waals surface area contributed by atoms with Crippen LogP contribution in [0.15, 0.2) is 65.6 Å². The molecule has 0 unspecified atom stereocenters. The van der Waals surface area contributed by atoms with Crippen molar-refractivity contribution in [3.05, 3.63) is 102 Å². The smallest absolute Gasteiger partial charge is 0.343 e. The minimum atomic E-state index is -0.685. The number of non-ortho nitro benzene ring substituents is 1. The van der Waals surface area contributed by atoms with Crippen LogP contribution in [0, 0.1) is 10.1 Å². The van der Waals surface area contributed by atoms with Gasteiger partial charge >= 0.3 is 5.97 Å². The number of rotatable bonds is 8. The number of imide groups is 1. The van der Waals surface area contributed by atoms with Crippen LogP contribution in [-0.2, 0) is 11.3 Å². The topological polar surface area (TPSA) is 116 Å². The summed E-state index contributed by atoms with van der Waals surface area (Å²) in [6.45, 7) is 1.95. The van der Waals surface area contributed by atoms with Gasteiger partial charge < -0.3 is 9.47 Å². The first-order chi connectivity index (χ1) is 18.2. The zero-order valence-corrected chi connectivity index (χ0v) is 22.0. The van der Waals surface area contributed by atoms with Crippen molar-refractivity contribution in [2.45, 2.75) is 13.5 Å². The largest absolute Gasteiger partial charge is 0.490 e. The average molecular weight is 573 g/mol. The average Bonchev–Trinajstić information content (AvgIpc) is 3.13. The second kappa shape index (κ2) is 11.7. The van der Waals surface area contributed by atoms with Crippen LogP contribution in [0.1, 0.15) is 28.4 Å². The predicted octanol–water partition coefficient (Wildman–Crippen LogP) is 6.76. The van der Waals surface area contributed by atoms with Crippen LogP contribution in [-0.4, -0.2) is 33.5 Å². The Balaban J connectivity index is 1.56. The number of nitrogens with zero attached hydrogens (tertiary/aromatic N) is 2. The molecule has 0 bridgehead atoms. The first-order valence-corrected chi connectivity index (χ1v) is 12.7. The summed E-state index contributed by atoms with van der Waals surface area (Å²) in [5.74, 6) is -1.03. The molecule has 1 saturated heterocycles. The van der Waals surface area contributed by atoms with Gasteiger partial charge in [-0.25, -0.2) is 4.79 Å². The molecule has 0 atom stereocenters. The molecule has 3 aromatic rings. The monoisotopic (exact) mass is 572 g/mol. The molecular weight excluding hydrogens is 555 g/mol. The molecule has 0 radical (unpaired) electrons. The van der Waals surface area contributed by atoms with Crippen molar-refractivity contribution in [1.29, 1.82) is 0 Å². The van der Waals surface area contributed by atoms with E-state index >= 15 is 0 Å². The van der Waals surface area contributed by atoms with E-state index in [1.807, 2.05) is 0 Å². The van der Waals surface area contributed by atoms with Crippen LogP contribution < -0.4 is 9.47 Å². The third-order valence-electron chi connectivity index (χ3n) is 5.25. The molecule has 0 spiro atoms. The number of esters is 1. The lowest BCUT2D eigenvalue weighted by molar-refractivity contribution is -0.384. The van der Waals surface area contributed by atoms with Gasteiger partial charge in [0.15, 0.2) is 11.5 Å². The summed E-state index contributed by atoms with van der Waals surface area (Å²) < 4.78 is 11.1. The van der Waals surface area contributed by atoms with E-state index in [2.05, 4.69) is 0 Å². The highest BCUT2D eigenvalue weighted by Crippen LogP contribution is 2.40. The number of hydrogen-bond acceptors (Lipinski definition) is 8. The first-order valence-electron chi connectivity index (χ1n) is 11.1. The van der Waals surface area contributed by atoms with Gasteiger partial charge in [-0.2, -0.15) is 0 Å². The number of hydrogen-bond donors (Lipinski definition) is 0. The van der Waals surface area contributed by atoms with Crippen molar-refractivity contribution in [2.24, 2.45) is 0 Å². The van der Waals surface area contributed by atoms with Gasteiger partial charge in [-0.15, -0.1) is 0 Å². The summed E-state index contributed by atoms with van der Waals surface area (Å²) in [6.07, 6.45) is 1.48. The maximum atomic E-state index is 13.0. The molecule has 3 aromatic carbocycles. The number of nitro groups is 1. The third-order valence-corrected chi connectivity index (χ3v) is 6.67. The van der Waals surface area contributed by atoms with Crippen molar-refractivity contribution in [2.75, 3.05) is 6.61 Å². The number of nitro benzene ring substituents is 1. The maximum Gasteiger partial charge on any atom is 0.343 e. The second-order valence-corrected chi connectivity index (χ2v) is 9.69. The summed E-state index contributed by atoms with van der Waals surface area (Å²) in [5, 5.41) is 10.8. The van der Waals surface area contributed by atoms with Crippen LogP contribution in [0.4, 0.5) is 10.5 Å². The molecule has 194 valence electrons. The number of benzene rings is 3. The molecule has 9 nitrogen and oxygen atoms in total. The highest BCUT2D eigenvalue weighted by molar-refractivity contribution is 8.18. The van der Waals surface area contributed by atoms with Crippen molar-refractivity contribution in [1.82, 2.24) is 4.90 Å². The Morgan fingerprint density at radius 1 is 1.11 bits per heavy atom. The van der Waals surface area contributed by atoms with E-state index < -0.39 is 22.0 Å². The molecule has 2 amide bonds. The van der Waals surface area contributed by atoms with Crippen LogP contribution in [0.2, 0.25) is 10.0 Å². The predicted molar refractivity (Wildman–Crippen MR) is 144 cm³/mol. The molecule has 0 aliphatic carbocycles. The molecule has 1 aliphatic heterocycles. The fourth-order valence-corrected chi connectivity index (χ4v) is 4.78. The zero-order chi connectivity index (χ0) is 27.4. The number of thioether (sulfide) groups is 1. The quantitative estimate of drug-likeness (QED) is 0.0955. The molecule has 1 aliphatic rings. The van der Waals surface area contributed by atoms with Crippen molar-refractivity contribution >= 4 is 63.8 Å². The lowest BCUT2D eigenvalue weighted by Crippen LogP contribution is -2.27. The molecule has 0 saturated carbocycles. The number of amides is 2. The van der Waals surface area contributed by atoms with Crippen molar-refractivity contribution < 1.29 is 28.8 Å². The molecule has 4 rings (SSSR count).